The van der Waals surface area contributed by atoms with Crippen LogP contribution in [0.25, 0.3) is 11.0 Å². The Labute approximate surface area is 106 Å². The number of esters is 1. The van der Waals surface area contributed by atoms with Crippen LogP contribution >= 0.6 is 0 Å². The highest BCUT2D eigenvalue weighted by Gasteiger charge is 2.04. The number of nitrogens with zero attached hydrogens (tertiary/aromatic N) is 1. The van der Waals surface area contributed by atoms with E-state index in [1.54, 1.807) is 6.92 Å². The molecule has 1 heterocycles. The van der Waals surface area contributed by atoms with Crippen molar-refractivity contribution in [2.45, 2.75) is 20.3 Å². The van der Waals surface area contributed by atoms with E-state index < -0.39 is 0 Å². The van der Waals surface area contributed by atoms with E-state index in [0.717, 1.165) is 11.0 Å². The van der Waals surface area contributed by atoms with Gasteiger partial charge in [0.25, 0.3) is 0 Å². The molecule has 5 heteroatoms. The lowest BCUT2D eigenvalue weighted by atomic mass is 10.2. The van der Waals surface area contributed by atoms with Crippen molar-refractivity contribution >= 4 is 23.0 Å². The second-order valence-corrected chi connectivity index (χ2v) is 4.09. The monoisotopic (exact) mass is 247 g/mol. The predicted molar refractivity (Wildman–Crippen MR) is 70.6 cm³/mol. The lowest BCUT2D eigenvalue weighted by Crippen LogP contribution is -2.11. The number of aryl methyl sites for hydroxylation is 1. The normalized spacial score (nSPS) is 10.6. The summed E-state index contributed by atoms with van der Waals surface area (Å²) in [6.45, 7) is 4.77. The van der Waals surface area contributed by atoms with E-state index >= 15 is 0 Å². The first-order valence-electron chi connectivity index (χ1n) is 6.05. The summed E-state index contributed by atoms with van der Waals surface area (Å²) >= 11 is 0. The van der Waals surface area contributed by atoms with Crippen molar-refractivity contribution in [1.82, 2.24) is 9.97 Å². The zero-order valence-corrected chi connectivity index (χ0v) is 10.6. The van der Waals surface area contributed by atoms with E-state index in [4.69, 9.17) is 4.74 Å². The van der Waals surface area contributed by atoms with Crippen LogP contribution in [0.15, 0.2) is 18.2 Å². The lowest BCUT2D eigenvalue weighted by Gasteiger charge is -2.02. The minimum atomic E-state index is -0.197. The predicted octanol–water partition coefficient (Wildman–Crippen LogP) is 2.24. The third-order valence-corrected chi connectivity index (χ3v) is 2.56. The summed E-state index contributed by atoms with van der Waals surface area (Å²) < 4.78 is 4.84. The van der Waals surface area contributed by atoms with E-state index in [2.05, 4.69) is 15.3 Å². The molecule has 96 valence electrons. The van der Waals surface area contributed by atoms with Gasteiger partial charge in [-0.2, -0.15) is 0 Å². The van der Waals surface area contributed by atoms with Crippen LogP contribution in [-0.2, 0) is 9.53 Å². The van der Waals surface area contributed by atoms with Gasteiger partial charge in [-0.05, 0) is 31.5 Å². The summed E-state index contributed by atoms with van der Waals surface area (Å²) in [6.07, 6.45) is 0.337. The van der Waals surface area contributed by atoms with Gasteiger partial charge < -0.3 is 15.0 Å². The molecule has 0 radical (unpaired) electrons. The highest BCUT2D eigenvalue weighted by Crippen LogP contribution is 2.15. The molecule has 1 aromatic carbocycles. The highest BCUT2D eigenvalue weighted by molar-refractivity contribution is 5.78. The fourth-order valence-corrected chi connectivity index (χ4v) is 1.72. The fourth-order valence-electron chi connectivity index (χ4n) is 1.72. The molecule has 0 unspecified atom stereocenters. The molecular formula is C13H17N3O2. The minimum Gasteiger partial charge on any atom is -0.466 e. The molecule has 0 bridgehead atoms. The summed E-state index contributed by atoms with van der Waals surface area (Å²) in [4.78, 5) is 18.7. The fraction of sp³-hybridized carbons (Fsp3) is 0.385. The number of carbonyl (C=O) groups is 1. The van der Waals surface area contributed by atoms with Gasteiger partial charge in [0.15, 0.2) is 0 Å². The molecule has 0 amide bonds. The van der Waals surface area contributed by atoms with Crippen LogP contribution < -0.4 is 5.32 Å². The standard InChI is InChI=1S/C13H17N3O2/c1-3-18-12(17)6-7-14-13-15-10-5-4-9(2)8-11(10)16-13/h4-5,8H,3,6-7H2,1-2H3,(H2,14,15,16). The molecular weight excluding hydrogens is 230 g/mol. The maximum absolute atomic E-state index is 11.2. The first-order chi connectivity index (χ1) is 8.69. The number of H-pyrrole nitrogens is 1. The molecule has 0 saturated heterocycles. The number of fused-ring (bicyclic) bond motifs is 1. The van der Waals surface area contributed by atoms with E-state index in [1.165, 1.54) is 5.56 Å². The van der Waals surface area contributed by atoms with Crippen molar-refractivity contribution in [3.8, 4) is 0 Å². The molecule has 1 aromatic heterocycles. The second-order valence-electron chi connectivity index (χ2n) is 4.09. The van der Waals surface area contributed by atoms with Gasteiger partial charge in [0, 0.05) is 6.54 Å². The number of carbonyl (C=O) groups excluding carboxylic acids is 1. The largest absolute Gasteiger partial charge is 0.466 e. The van der Waals surface area contributed by atoms with Crippen molar-refractivity contribution < 1.29 is 9.53 Å². The summed E-state index contributed by atoms with van der Waals surface area (Å²) in [5, 5.41) is 3.08. The Morgan fingerprint density at radius 1 is 1.50 bits per heavy atom. The van der Waals surface area contributed by atoms with Gasteiger partial charge in [-0.3, -0.25) is 4.79 Å². The zero-order chi connectivity index (χ0) is 13.0. The Balaban J connectivity index is 1.94. The van der Waals surface area contributed by atoms with Crippen molar-refractivity contribution in [2.75, 3.05) is 18.5 Å². The maximum atomic E-state index is 11.2. The minimum absolute atomic E-state index is 0.197. The van der Waals surface area contributed by atoms with Gasteiger partial charge in [-0.25, -0.2) is 4.98 Å². The molecule has 0 saturated carbocycles. The summed E-state index contributed by atoms with van der Waals surface area (Å²) in [6, 6.07) is 6.03. The number of imidazole rings is 1. The van der Waals surface area contributed by atoms with Crippen LogP contribution in [0.1, 0.15) is 18.9 Å². The number of anilines is 1. The first-order valence-corrected chi connectivity index (χ1v) is 6.05. The van der Waals surface area contributed by atoms with E-state index in [0.29, 0.717) is 25.5 Å². The SMILES string of the molecule is CCOC(=O)CCNc1nc2ccc(C)cc2[nH]1. The second kappa shape index (κ2) is 5.53. The Hall–Kier alpha value is -2.04. The Kier molecular flexibility index (Phi) is 3.82. The molecule has 5 nitrogen and oxygen atoms in total. The molecule has 0 spiro atoms. The third-order valence-electron chi connectivity index (χ3n) is 2.56. The third kappa shape index (κ3) is 3.00. The Morgan fingerprint density at radius 2 is 2.33 bits per heavy atom. The number of aromatic nitrogens is 2. The smallest absolute Gasteiger partial charge is 0.307 e. The average molecular weight is 247 g/mol. The molecule has 0 aliphatic carbocycles. The van der Waals surface area contributed by atoms with E-state index in [-0.39, 0.29) is 5.97 Å². The average Bonchev–Trinajstić information content (AvgIpc) is 2.71. The van der Waals surface area contributed by atoms with Crippen molar-refractivity contribution in [1.29, 1.82) is 0 Å². The molecule has 0 fully saturated rings. The number of hydrogen-bond acceptors (Lipinski definition) is 4. The molecule has 0 aliphatic heterocycles. The van der Waals surface area contributed by atoms with Gasteiger partial charge in [0.05, 0.1) is 24.1 Å². The van der Waals surface area contributed by atoms with E-state index in [1.807, 2.05) is 25.1 Å². The lowest BCUT2D eigenvalue weighted by molar-refractivity contribution is -0.142. The quantitative estimate of drug-likeness (QED) is 0.795. The molecule has 18 heavy (non-hydrogen) atoms. The topological polar surface area (TPSA) is 67.0 Å². The van der Waals surface area contributed by atoms with Crippen LogP contribution in [0.3, 0.4) is 0 Å². The van der Waals surface area contributed by atoms with Gasteiger partial charge in [-0.15, -0.1) is 0 Å². The van der Waals surface area contributed by atoms with Crippen molar-refractivity contribution in [2.24, 2.45) is 0 Å². The van der Waals surface area contributed by atoms with Gasteiger partial charge >= 0.3 is 5.97 Å². The van der Waals surface area contributed by atoms with Crippen molar-refractivity contribution in [3.63, 3.8) is 0 Å². The zero-order valence-electron chi connectivity index (χ0n) is 10.6. The van der Waals surface area contributed by atoms with Gasteiger partial charge in [0.1, 0.15) is 0 Å². The number of ether oxygens (including phenoxy) is 1. The summed E-state index contributed by atoms with van der Waals surface area (Å²) in [5.74, 6) is 0.483. The van der Waals surface area contributed by atoms with Crippen LogP contribution in [0.5, 0.6) is 0 Å². The molecule has 2 aromatic rings. The number of benzene rings is 1. The highest BCUT2D eigenvalue weighted by atomic mass is 16.5. The van der Waals surface area contributed by atoms with Gasteiger partial charge in [0.2, 0.25) is 5.95 Å². The first kappa shape index (κ1) is 12.4. The van der Waals surface area contributed by atoms with E-state index in [9.17, 15) is 4.79 Å². The Bertz CT molecular complexity index is 548. The molecule has 0 atom stereocenters. The van der Waals surface area contributed by atoms with Crippen molar-refractivity contribution in [3.05, 3.63) is 23.8 Å². The van der Waals surface area contributed by atoms with Crippen LogP contribution in [-0.4, -0.2) is 29.1 Å². The number of hydrogen-bond donors (Lipinski definition) is 2. The summed E-state index contributed by atoms with van der Waals surface area (Å²) in [7, 11) is 0. The molecule has 2 N–H and O–H groups in total. The summed E-state index contributed by atoms with van der Waals surface area (Å²) in [5.41, 5.74) is 3.09. The number of nitrogens with one attached hydrogen (secondary N) is 2. The molecule has 2 rings (SSSR count). The Morgan fingerprint density at radius 3 is 3.11 bits per heavy atom. The van der Waals surface area contributed by atoms with Crippen LogP contribution in [0.4, 0.5) is 5.95 Å². The van der Waals surface area contributed by atoms with Gasteiger partial charge in [-0.1, -0.05) is 6.07 Å². The number of aromatic amines is 1. The van der Waals surface area contributed by atoms with Crippen LogP contribution in [0, 0.1) is 6.92 Å². The number of rotatable bonds is 5. The molecule has 0 aliphatic rings. The van der Waals surface area contributed by atoms with Crippen LogP contribution in [0.2, 0.25) is 0 Å². The maximum Gasteiger partial charge on any atom is 0.307 e.